The fourth-order valence-electron chi connectivity index (χ4n) is 3.94. The van der Waals surface area contributed by atoms with Crippen molar-refractivity contribution in [2.24, 2.45) is 9.36 Å². The second kappa shape index (κ2) is 9.21. The SMILES string of the molecule is CN=[S@@]1(=O)C[C@@](CF)(c2cc(-c3cn(-c4ccc(Cl)cn4)nn3)ccc2F)N=C(NC(=O)O)C1(C)C. The normalized spacial score (nSPS) is 23.1. The van der Waals surface area contributed by atoms with Crippen LogP contribution in [0.1, 0.15) is 19.4 Å². The van der Waals surface area contributed by atoms with Crippen LogP contribution in [0.15, 0.2) is 52.1 Å². The largest absolute Gasteiger partial charge is 0.465 e. The molecule has 190 valence electrons. The first-order valence-corrected chi connectivity index (χ1v) is 12.6. The van der Waals surface area contributed by atoms with Crippen LogP contribution in [-0.2, 0) is 15.3 Å². The number of hydrogen-bond acceptors (Lipinski definition) is 7. The minimum atomic E-state index is -3.29. The molecule has 1 aromatic carbocycles. The number of rotatable bonds is 4. The van der Waals surface area contributed by atoms with Crippen LogP contribution in [-0.4, -0.2) is 65.4 Å². The van der Waals surface area contributed by atoms with Crippen molar-refractivity contribution in [1.82, 2.24) is 25.3 Å². The second-order valence-corrected chi connectivity index (χ2v) is 12.0. The monoisotopic (exact) mass is 537 g/mol. The predicted octanol–water partition coefficient (Wildman–Crippen LogP) is 3.84. The number of pyridine rings is 1. The highest BCUT2D eigenvalue weighted by atomic mass is 35.5. The average Bonchev–Trinajstić information content (AvgIpc) is 3.33. The van der Waals surface area contributed by atoms with E-state index in [0.29, 0.717) is 22.1 Å². The van der Waals surface area contributed by atoms with E-state index >= 15 is 4.39 Å². The molecule has 0 saturated heterocycles. The van der Waals surface area contributed by atoms with Crippen LogP contribution in [0, 0.1) is 5.82 Å². The highest BCUT2D eigenvalue weighted by molar-refractivity contribution is 7.95. The lowest BCUT2D eigenvalue weighted by Gasteiger charge is -2.41. The van der Waals surface area contributed by atoms with Crippen LogP contribution in [0.25, 0.3) is 17.1 Å². The van der Waals surface area contributed by atoms with E-state index in [1.54, 1.807) is 18.3 Å². The van der Waals surface area contributed by atoms with E-state index in [1.807, 2.05) is 0 Å². The van der Waals surface area contributed by atoms with Crippen molar-refractivity contribution in [3.8, 4) is 17.1 Å². The Morgan fingerprint density at radius 1 is 1.33 bits per heavy atom. The number of aromatic nitrogens is 4. The molecule has 1 aliphatic heterocycles. The number of nitrogens with zero attached hydrogens (tertiary/aromatic N) is 6. The maximum absolute atomic E-state index is 15.2. The van der Waals surface area contributed by atoms with E-state index in [1.165, 1.54) is 43.9 Å². The summed E-state index contributed by atoms with van der Waals surface area (Å²) in [4.78, 5) is 19.9. The molecule has 2 N–H and O–H groups in total. The molecule has 10 nitrogen and oxygen atoms in total. The van der Waals surface area contributed by atoms with E-state index in [4.69, 9.17) is 11.6 Å². The molecule has 0 fully saturated rings. The first-order valence-electron chi connectivity index (χ1n) is 10.6. The number of alkyl halides is 1. The maximum atomic E-state index is 15.2. The summed E-state index contributed by atoms with van der Waals surface area (Å²) < 4.78 is 47.8. The summed E-state index contributed by atoms with van der Waals surface area (Å²) in [6.45, 7) is 1.74. The van der Waals surface area contributed by atoms with Gasteiger partial charge in [-0.1, -0.05) is 16.8 Å². The molecule has 2 aromatic heterocycles. The molecule has 1 amide bonds. The molecule has 0 unspecified atom stereocenters. The number of amidine groups is 1. The maximum Gasteiger partial charge on any atom is 0.410 e. The summed E-state index contributed by atoms with van der Waals surface area (Å²) in [5.74, 6) is -1.08. The fraction of sp³-hybridized carbons (Fsp3) is 0.318. The van der Waals surface area contributed by atoms with Crippen LogP contribution in [0.4, 0.5) is 13.6 Å². The van der Waals surface area contributed by atoms with Crippen LogP contribution in [0.5, 0.6) is 0 Å². The van der Waals surface area contributed by atoms with E-state index in [-0.39, 0.29) is 11.4 Å². The van der Waals surface area contributed by atoms with Gasteiger partial charge in [0.1, 0.15) is 34.3 Å². The van der Waals surface area contributed by atoms with Gasteiger partial charge in [0, 0.05) is 24.4 Å². The third kappa shape index (κ3) is 4.32. The third-order valence-corrected chi connectivity index (χ3v) is 9.54. The quantitative estimate of drug-likeness (QED) is 0.519. The smallest absolute Gasteiger partial charge is 0.410 e. The van der Waals surface area contributed by atoms with Crippen molar-refractivity contribution < 1.29 is 22.9 Å². The fourth-order valence-corrected chi connectivity index (χ4v) is 6.34. The molecule has 4 rings (SSSR count). The molecule has 0 spiro atoms. The molecule has 3 aromatic rings. The van der Waals surface area contributed by atoms with E-state index in [9.17, 15) is 18.5 Å². The Morgan fingerprint density at radius 2 is 2.08 bits per heavy atom. The molecule has 14 heteroatoms. The predicted molar refractivity (Wildman–Crippen MR) is 131 cm³/mol. The lowest BCUT2D eigenvalue weighted by molar-refractivity contribution is 0.199. The molecular weight excluding hydrogens is 516 g/mol. The number of benzene rings is 1. The molecule has 0 bridgehead atoms. The van der Waals surface area contributed by atoms with Gasteiger partial charge in [0.2, 0.25) is 0 Å². The van der Waals surface area contributed by atoms with Gasteiger partial charge >= 0.3 is 6.09 Å². The number of carboxylic acid groups (broad SMARTS) is 1. The average molecular weight is 538 g/mol. The molecular formula is C22H22ClF2N7O3S. The van der Waals surface area contributed by atoms with Gasteiger partial charge in [-0.25, -0.2) is 31.8 Å². The van der Waals surface area contributed by atoms with Crippen LogP contribution < -0.4 is 5.32 Å². The topological polar surface area (TPSA) is 135 Å². The van der Waals surface area contributed by atoms with Gasteiger partial charge in [-0.2, -0.15) is 0 Å². The second-order valence-electron chi connectivity index (χ2n) is 8.61. The Hall–Kier alpha value is -3.45. The van der Waals surface area contributed by atoms with E-state index < -0.39 is 44.4 Å². The summed E-state index contributed by atoms with van der Waals surface area (Å²) in [7, 11) is -1.99. The molecule has 3 heterocycles. The number of carbonyl (C=O) groups is 1. The zero-order valence-electron chi connectivity index (χ0n) is 19.4. The third-order valence-electron chi connectivity index (χ3n) is 6.07. The van der Waals surface area contributed by atoms with Gasteiger partial charge in [-0.05, 0) is 44.2 Å². The lowest BCUT2D eigenvalue weighted by atomic mass is 9.90. The van der Waals surface area contributed by atoms with Crippen molar-refractivity contribution in [2.75, 3.05) is 19.5 Å². The number of nitrogens with one attached hydrogen (secondary N) is 1. The lowest BCUT2D eigenvalue weighted by Crippen LogP contribution is -2.58. The summed E-state index contributed by atoms with van der Waals surface area (Å²) in [6.07, 6.45) is 1.52. The van der Waals surface area contributed by atoms with Crippen LogP contribution >= 0.6 is 11.6 Å². The van der Waals surface area contributed by atoms with Crippen molar-refractivity contribution in [3.05, 3.63) is 59.1 Å². The Morgan fingerprint density at radius 3 is 2.69 bits per heavy atom. The first-order chi connectivity index (χ1) is 16.9. The Balaban J connectivity index is 1.85. The summed E-state index contributed by atoms with van der Waals surface area (Å²) in [5, 5.41) is 20.0. The summed E-state index contributed by atoms with van der Waals surface area (Å²) in [6, 6.07) is 7.16. The van der Waals surface area contributed by atoms with Crippen molar-refractivity contribution in [1.29, 1.82) is 0 Å². The summed E-state index contributed by atoms with van der Waals surface area (Å²) in [5.41, 5.74) is -1.49. The van der Waals surface area contributed by atoms with Gasteiger partial charge in [0.15, 0.2) is 5.82 Å². The van der Waals surface area contributed by atoms with E-state index in [0.717, 1.165) is 6.07 Å². The minimum Gasteiger partial charge on any atom is -0.465 e. The molecule has 0 aliphatic carbocycles. The Labute approximate surface area is 210 Å². The molecule has 2 atom stereocenters. The minimum absolute atomic E-state index is 0.210. The number of amides is 1. The van der Waals surface area contributed by atoms with Crippen molar-refractivity contribution >= 4 is 33.3 Å². The van der Waals surface area contributed by atoms with Gasteiger partial charge in [0.05, 0.1) is 26.7 Å². The first kappa shape index (κ1) is 25.6. The number of halogens is 3. The van der Waals surface area contributed by atoms with Crippen LogP contribution in [0.2, 0.25) is 5.02 Å². The summed E-state index contributed by atoms with van der Waals surface area (Å²) >= 11 is 5.87. The Kier molecular flexibility index (Phi) is 6.56. The van der Waals surface area contributed by atoms with Gasteiger partial charge < -0.3 is 5.11 Å². The zero-order valence-corrected chi connectivity index (χ0v) is 21.0. The highest BCUT2D eigenvalue weighted by Gasteiger charge is 2.51. The Bertz CT molecular complexity index is 1480. The number of aliphatic imine (C=N–C) groups is 1. The number of hydrogen-bond donors (Lipinski definition) is 2. The van der Waals surface area contributed by atoms with Gasteiger partial charge in [-0.15, -0.1) is 5.10 Å². The van der Waals surface area contributed by atoms with Gasteiger partial charge in [-0.3, -0.25) is 10.3 Å². The molecule has 36 heavy (non-hydrogen) atoms. The van der Waals surface area contributed by atoms with Crippen molar-refractivity contribution in [3.63, 3.8) is 0 Å². The molecule has 1 aliphatic rings. The zero-order chi connectivity index (χ0) is 26.3. The molecule has 0 radical (unpaired) electrons. The van der Waals surface area contributed by atoms with E-state index in [2.05, 4.69) is 30.0 Å². The van der Waals surface area contributed by atoms with Crippen LogP contribution in [0.3, 0.4) is 0 Å². The highest BCUT2D eigenvalue weighted by Crippen LogP contribution is 2.41. The standard InChI is InChI=1S/C22H22ClF2N7O3S/c1-21(2)19(28-20(33)34)29-22(11-24,12-36(21,35)26-3)15-8-13(4-6-16(15)25)17-10-32(31-30-17)18-7-5-14(23)9-27-18/h4-10H,11-12H2,1-3H3,(H,28,29)(H,33,34)/t22-,36+/m0/s1. The van der Waals surface area contributed by atoms with Gasteiger partial charge in [0.25, 0.3) is 0 Å². The van der Waals surface area contributed by atoms with Crippen molar-refractivity contribution in [2.45, 2.75) is 24.1 Å². The molecule has 0 saturated carbocycles.